The van der Waals surface area contributed by atoms with E-state index in [-0.39, 0.29) is 12.5 Å². The number of halogens is 1. The standard InChI is InChI=1S/C26H29ClN2O3/c1-4-19-7-11-22(12-8-19)28-16-20-9-13-24(25(14-20)31-5-2)32-17-26(30)29-23-15-21(27)10-6-18(23)3/h6-15,28H,4-5,16-17H2,1-3H3,(H,29,30). The number of nitrogens with one attached hydrogen (secondary N) is 2. The smallest absolute Gasteiger partial charge is 0.262 e. The first-order valence-electron chi connectivity index (χ1n) is 10.8. The average molecular weight is 453 g/mol. The lowest BCUT2D eigenvalue weighted by Gasteiger charge is -2.15. The Morgan fingerprint density at radius 1 is 0.906 bits per heavy atom. The van der Waals surface area contributed by atoms with Crippen molar-refractivity contribution in [2.75, 3.05) is 23.8 Å². The minimum absolute atomic E-state index is 0.132. The Labute approximate surface area is 194 Å². The molecule has 0 aliphatic heterocycles. The summed E-state index contributed by atoms with van der Waals surface area (Å²) in [6.07, 6.45) is 1.02. The van der Waals surface area contributed by atoms with Crippen LogP contribution in [0.4, 0.5) is 11.4 Å². The molecule has 0 radical (unpaired) electrons. The van der Waals surface area contributed by atoms with Crippen LogP contribution in [0, 0.1) is 6.92 Å². The summed E-state index contributed by atoms with van der Waals surface area (Å²) in [4.78, 5) is 12.4. The van der Waals surface area contributed by atoms with Gasteiger partial charge in [0.2, 0.25) is 0 Å². The molecule has 0 spiro atoms. The van der Waals surface area contributed by atoms with Gasteiger partial charge in [0.25, 0.3) is 5.91 Å². The summed E-state index contributed by atoms with van der Waals surface area (Å²) in [5, 5.41) is 6.81. The van der Waals surface area contributed by atoms with Crippen LogP contribution in [0.3, 0.4) is 0 Å². The zero-order valence-corrected chi connectivity index (χ0v) is 19.5. The van der Waals surface area contributed by atoms with Crippen molar-refractivity contribution < 1.29 is 14.3 Å². The fourth-order valence-corrected chi connectivity index (χ4v) is 3.34. The van der Waals surface area contributed by atoms with E-state index in [1.54, 1.807) is 12.1 Å². The van der Waals surface area contributed by atoms with Gasteiger partial charge in [0.05, 0.1) is 6.61 Å². The number of hydrogen-bond donors (Lipinski definition) is 2. The van der Waals surface area contributed by atoms with Crippen molar-refractivity contribution in [3.05, 3.63) is 82.4 Å². The minimum atomic E-state index is -0.265. The summed E-state index contributed by atoms with van der Waals surface area (Å²) < 4.78 is 11.5. The van der Waals surface area contributed by atoms with Crippen molar-refractivity contribution in [1.82, 2.24) is 0 Å². The van der Waals surface area contributed by atoms with Gasteiger partial charge in [0.15, 0.2) is 18.1 Å². The van der Waals surface area contributed by atoms with E-state index in [1.807, 2.05) is 38.1 Å². The van der Waals surface area contributed by atoms with Crippen LogP contribution in [0.5, 0.6) is 11.5 Å². The van der Waals surface area contributed by atoms with Crippen LogP contribution in [-0.4, -0.2) is 19.1 Å². The first-order chi connectivity index (χ1) is 15.5. The van der Waals surface area contributed by atoms with Crippen molar-refractivity contribution in [3.8, 4) is 11.5 Å². The third kappa shape index (κ3) is 6.66. The van der Waals surface area contributed by atoms with E-state index in [1.165, 1.54) is 5.56 Å². The monoisotopic (exact) mass is 452 g/mol. The summed E-state index contributed by atoms with van der Waals surface area (Å²) in [6, 6.07) is 19.5. The van der Waals surface area contributed by atoms with Crippen LogP contribution in [-0.2, 0) is 17.8 Å². The summed E-state index contributed by atoms with van der Waals surface area (Å²) in [7, 11) is 0. The highest BCUT2D eigenvalue weighted by Gasteiger charge is 2.11. The average Bonchev–Trinajstić information content (AvgIpc) is 2.80. The Morgan fingerprint density at radius 3 is 2.38 bits per heavy atom. The quantitative estimate of drug-likeness (QED) is 0.382. The molecule has 0 aliphatic carbocycles. The molecular formula is C26H29ClN2O3. The summed E-state index contributed by atoms with van der Waals surface area (Å²) >= 11 is 6.02. The fourth-order valence-electron chi connectivity index (χ4n) is 3.17. The second-order valence-corrected chi connectivity index (χ2v) is 7.85. The number of carbonyl (C=O) groups is 1. The number of aryl methyl sites for hydroxylation is 2. The maximum Gasteiger partial charge on any atom is 0.262 e. The Kier molecular flexibility index (Phi) is 8.40. The maximum atomic E-state index is 12.4. The number of rotatable bonds is 10. The van der Waals surface area contributed by atoms with Crippen LogP contribution < -0.4 is 20.1 Å². The summed E-state index contributed by atoms with van der Waals surface area (Å²) in [5.41, 5.74) is 5.03. The number of ether oxygens (including phenoxy) is 2. The van der Waals surface area contributed by atoms with E-state index >= 15 is 0 Å². The first-order valence-corrected chi connectivity index (χ1v) is 11.1. The van der Waals surface area contributed by atoms with Crippen molar-refractivity contribution in [1.29, 1.82) is 0 Å². The molecular weight excluding hydrogens is 424 g/mol. The Hall–Kier alpha value is -3.18. The topological polar surface area (TPSA) is 59.6 Å². The van der Waals surface area contributed by atoms with Crippen molar-refractivity contribution >= 4 is 28.9 Å². The van der Waals surface area contributed by atoms with Crippen LogP contribution >= 0.6 is 11.6 Å². The van der Waals surface area contributed by atoms with E-state index in [9.17, 15) is 4.79 Å². The van der Waals surface area contributed by atoms with Gasteiger partial charge < -0.3 is 20.1 Å². The molecule has 0 atom stereocenters. The highest BCUT2D eigenvalue weighted by Crippen LogP contribution is 2.29. The molecule has 5 nitrogen and oxygen atoms in total. The van der Waals surface area contributed by atoms with Gasteiger partial charge in [-0.05, 0) is 73.4 Å². The normalized spacial score (nSPS) is 10.5. The second kappa shape index (κ2) is 11.4. The lowest BCUT2D eigenvalue weighted by atomic mass is 10.1. The molecule has 3 rings (SSSR count). The maximum absolute atomic E-state index is 12.4. The van der Waals surface area contributed by atoms with Gasteiger partial charge in [-0.15, -0.1) is 0 Å². The Balaban J connectivity index is 1.60. The molecule has 168 valence electrons. The zero-order valence-electron chi connectivity index (χ0n) is 18.7. The third-order valence-electron chi connectivity index (χ3n) is 5.00. The first kappa shape index (κ1) is 23.5. The van der Waals surface area contributed by atoms with Crippen molar-refractivity contribution in [2.45, 2.75) is 33.7 Å². The van der Waals surface area contributed by atoms with Gasteiger partial charge in [0, 0.05) is 22.9 Å². The molecule has 0 aromatic heterocycles. The van der Waals surface area contributed by atoms with Gasteiger partial charge in [-0.1, -0.05) is 42.8 Å². The Bertz CT molecular complexity index is 1050. The number of hydrogen-bond acceptors (Lipinski definition) is 4. The van der Waals surface area contributed by atoms with Gasteiger partial charge >= 0.3 is 0 Å². The molecule has 0 saturated carbocycles. The van der Waals surface area contributed by atoms with E-state index < -0.39 is 0 Å². The summed E-state index contributed by atoms with van der Waals surface area (Å²) in [6.45, 7) is 6.99. The number of amides is 1. The molecule has 0 saturated heterocycles. The van der Waals surface area contributed by atoms with Gasteiger partial charge in [-0.2, -0.15) is 0 Å². The second-order valence-electron chi connectivity index (χ2n) is 7.41. The van der Waals surface area contributed by atoms with Gasteiger partial charge in [0.1, 0.15) is 0 Å². The minimum Gasteiger partial charge on any atom is -0.490 e. The van der Waals surface area contributed by atoms with E-state index in [0.29, 0.717) is 35.4 Å². The van der Waals surface area contributed by atoms with E-state index in [4.69, 9.17) is 21.1 Å². The zero-order chi connectivity index (χ0) is 22.9. The summed E-state index contributed by atoms with van der Waals surface area (Å²) in [5.74, 6) is 0.875. The highest BCUT2D eigenvalue weighted by atomic mass is 35.5. The third-order valence-corrected chi connectivity index (χ3v) is 5.23. The van der Waals surface area contributed by atoms with Crippen LogP contribution in [0.1, 0.15) is 30.5 Å². The predicted octanol–water partition coefficient (Wildman–Crippen LogP) is 6.24. The molecule has 3 aromatic carbocycles. The molecule has 0 heterocycles. The predicted molar refractivity (Wildman–Crippen MR) is 131 cm³/mol. The molecule has 0 bridgehead atoms. The van der Waals surface area contributed by atoms with Gasteiger partial charge in [-0.3, -0.25) is 4.79 Å². The SMILES string of the molecule is CCOc1cc(CNc2ccc(CC)cc2)ccc1OCC(=O)Nc1cc(Cl)ccc1C. The largest absolute Gasteiger partial charge is 0.490 e. The molecule has 1 amide bonds. The van der Waals surface area contributed by atoms with Crippen LogP contribution in [0.15, 0.2) is 60.7 Å². The van der Waals surface area contributed by atoms with E-state index in [2.05, 4.69) is 41.8 Å². The molecule has 2 N–H and O–H groups in total. The van der Waals surface area contributed by atoms with Gasteiger partial charge in [-0.25, -0.2) is 0 Å². The Morgan fingerprint density at radius 2 is 1.66 bits per heavy atom. The lowest BCUT2D eigenvalue weighted by Crippen LogP contribution is -2.21. The molecule has 0 aliphatic rings. The molecule has 32 heavy (non-hydrogen) atoms. The number of carbonyl (C=O) groups excluding carboxylic acids is 1. The van der Waals surface area contributed by atoms with Crippen molar-refractivity contribution in [3.63, 3.8) is 0 Å². The van der Waals surface area contributed by atoms with Crippen LogP contribution in [0.25, 0.3) is 0 Å². The fraction of sp³-hybridized carbons (Fsp3) is 0.269. The lowest BCUT2D eigenvalue weighted by molar-refractivity contribution is -0.118. The molecule has 0 unspecified atom stereocenters. The number of anilines is 2. The van der Waals surface area contributed by atoms with E-state index in [0.717, 1.165) is 23.2 Å². The number of benzene rings is 3. The van der Waals surface area contributed by atoms with Crippen LogP contribution in [0.2, 0.25) is 5.02 Å². The molecule has 0 fully saturated rings. The van der Waals surface area contributed by atoms with Crippen molar-refractivity contribution in [2.24, 2.45) is 0 Å². The molecule has 3 aromatic rings. The highest BCUT2D eigenvalue weighted by molar-refractivity contribution is 6.31. The molecule has 6 heteroatoms.